The number of nitrogens with two attached hydrogens (primary N) is 1. The Morgan fingerprint density at radius 1 is 1.32 bits per heavy atom. The van der Waals surface area contributed by atoms with E-state index in [0.29, 0.717) is 5.41 Å². The van der Waals surface area contributed by atoms with Crippen molar-refractivity contribution in [1.29, 1.82) is 0 Å². The molecule has 1 aromatic heterocycles. The lowest BCUT2D eigenvalue weighted by Crippen LogP contribution is -2.40. The van der Waals surface area contributed by atoms with Crippen molar-refractivity contribution >= 4 is 17.7 Å². The van der Waals surface area contributed by atoms with Crippen LogP contribution in [0.5, 0.6) is 0 Å². The van der Waals surface area contributed by atoms with E-state index in [4.69, 9.17) is 5.84 Å². The number of aryl methyl sites for hydroxylation is 1. The first-order valence-electron chi connectivity index (χ1n) is 8.88. The van der Waals surface area contributed by atoms with Gasteiger partial charge in [-0.15, -0.1) is 10.2 Å². The number of thioether (sulfide) groups is 1. The van der Waals surface area contributed by atoms with Crippen LogP contribution in [0.2, 0.25) is 0 Å². The molecule has 7 nitrogen and oxygen atoms in total. The quantitative estimate of drug-likeness (QED) is 0.588. The molecule has 3 N–H and O–H groups in total. The number of amides is 1. The second-order valence-corrected chi connectivity index (χ2v) is 8.43. The minimum absolute atomic E-state index is 0.0574. The maximum Gasteiger partial charge on any atom is 0.294 e. The van der Waals surface area contributed by atoms with Gasteiger partial charge in [-0.05, 0) is 43.9 Å². The first-order valence-corrected chi connectivity index (χ1v) is 9.86. The number of carbonyl (C=O) groups is 1. The maximum absolute atomic E-state index is 12.2. The Bertz CT molecular complexity index is 665. The fourth-order valence-corrected chi connectivity index (χ4v) is 3.94. The van der Waals surface area contributed by atoms with Gasteiger partial charge < -0.3 is 11.2 Å². The van der Waals surface area contributed by atoms with Crippen LogP contribution in [0.25, 0.3) is 0 Å². The van der Waals surface area contributed by atoms with Crippen molar-refractivity contribution in [2.45, 2.75) is 71.0 Å². The highest BCUT2D eigenvalue weighted by Gasteiger charge is 2.32. The number of carbonyl (C=O) groups excluding carboxylic acids is 1. The largest absolute Gasteiger partial charge is 0.353 e. The summed E-state index contributed by atoms with van der Waals surface area (Å²) in [5.41, 5.74) is 0.220. The molecule has 1 aliphatic carbocycles. The molecule has 0 unspecified atom stereocenters. The van der Waals surface area contributed by atoms with Gasteiger partial charge in [0.2, 0.25) is 11.1 Å². The van der Waals surface area contributed by atoms with E-state index >= 15 is 0 Å². The highest BCUT2D eigenvalue weighted by Crippen LogP contribution is 2.40. The fourth-order valence-electron chi connectivity index (χ4n) is 3.28. The van der Waals surface area contributed by atoms with E-state index in [1.54, 1.807) is 6.92 Å². The molecule has 1 heterocycles. The summed E-state index contributed by atoms with van der Waals surface area (Å²) in [4.78, 5) is 23.9. The Hall–Kier alpha value is -1.57. The van der Waals surface area contributed by atoms with E-state index in [9.17, 15) is 9.59 Å². The summed E-state index contributed by atoms with van der Waals surface area (Å²) in [7, 11) is 0. The molecule has 8 heteroatoms. The summed E-state index contributed by atoms with van der Waals surface area (Å²) < 4.78 is 0.943. The number of rotatable bonds is 6. The molecule has 1 aliphatic rings. The average molecular weight is 368 g/mol. The summed E-state index contributed by atoms with van der Waals surface area (Å²) in [5, 5.41) is 11.0. The van der Waals surface area contributed by atoms with Crippen LogP contribution in [-0.2, 0) is 4.79 Å². The fraction of sp³-hybridized carbons (Fsp3) is 0.765. The second kappa shape index (κ2) is 8.21. The molecular formula is C17H29N5O2S. The van der Waals surface area contributed by atoms with Gasteiger partial charge >= 0.3 is 0 Å². The molecule has 0 bridgehead atoms. The molecule has 1 amide bonds. The summed E-state index contributed by atoms with van der Waals surface area (Å²) in [5.74, 6) is 6.52. The number of nitrogen functional groups attached to an aromatic ring is 1. The van der Waals surface area contributed by atoms with Crippen LogP contribution in [0.3, 0.4) is 0 Å². The summed E-state index contributed by atoms with van der Waals surface area (Å²) in [6.45, 7) is 8.47. The van der Waals surface area contributed by atoms with Gasteiger partial charge in [-0.2, -0.15) is 4.68 Å². The Balaban J connectivity index is 1.80. The number of hydrogen-bond donors (Lipinski definition) is 2. The van der Waals surface area contributed by atoms with Crippen molar-refractivity contribution in [1.82, 2.24) is 20.2 Å². The predicted octanol–water partition coefficient (Wildman–Crippen LogP) is 1.86. The minimum atomic E-state index is -0.394. The van der Waals surface area contributed by atoms with Gasteiger partial charge in [0.1, 0.15) is 5.69 Å². The number of nitrogens with one attached hydrogen (secondary N) is 1. The van der Waals surface area contributed by atoms with E-state index in [2.05, 4.69) is 36.3 Å². The highest BCUT2D eigenvalue weighted by atomic mass is 32.2. The summed E-state index contributed by atoms with van der Waals surface area (Å²) in [6.07, 6.45) is 5.55. The van der Waals surface area contributed by atoms with E-state index in [-0.39, 0.29) is 28.6 Å². The standard InChI is InChI=1S/C17H29N5O2S/c1-5-17(3,4)12-6-8-13(9-7-12)19-14(23)10-25-16-21-20-11(2)15(24)22(16)18/h12-13H,5-10,18H2,1-4H3,(H,19,23). The molecule has 25 heavy (non-hydrogen) atoms. The van der Waals surface area contributed by atoms with Crippen molar-refractivity contribution in [3.63, 3.8) is 0 Å². The molecule has 0 spiro atoms. The second-order valence-electron chi connectivity index (χ2n) is 7.49. The van der Waals surface area contributed by atoms with E-state index < -0.39 is 5.56 Å². The van der Waals surface area contributed by atoms with Crippen LogP contribution < -0.4 is 16.7 Å². The molecule has 0 radical (unpaired) electrons. The first kappa shape index (κ1) is 19.8. The van der Waals surface area contributed by atoms with Gasteiger partial charge in [-0.3, -0.25) is 9.59 Å². The van der Waals surface area contributed by atoms with E-state index in [1.807, 2.05) is 0 Å². The Kier molecular flexibility index (Phi) is 6.48. The van der Waals surface area contributed by atoms with Crippen molar-refractivity contribution in [3.8, 4) is 0 Å². The number of aromatic nitrogens is 3. The summed E-state index contributed by atoms with van der Waals surface area (Å²) in [6, 6.07) is 0.237. The lowest BCUT2D eigenvalue weighted by molar-refractivity contribution is -0.119. The monoisotopic (exact) mass is 367 g/mol. The van der Waals surface area contributed by atoms with Gasteiger partial charge in [0.25, 0.3) is 5.56 Å². The van der Waals surface area contributed by atoms with E-state index in [0.717, 1.165) is 48.0 Å². The molecular weight excluding hydrogens is 338 g/mol. The highest BCUT2D eigenvalue weighted by molar-refractivity contribution is 7.99. The Labute approximate surface area is 153 Å². The molecule has 2 rings (SSSR count). The number of hydrogen-bond acceptors (Lipinski definition) is 6. The molecule has 0 saturated heterocycles. The molecule has 0 aromatic carbocycles. The topological polar surface area (TPSA) is 103 Å². The predicted molar refractivity (Wildman–Crippen MR) is 99.9 cm³/mol. The van der Waals surface area contributed by atoms with Gasteiger partial charge in [0.05, 0.1) is 5.75 Å². The van der Waals surface area contributed by atoms with Crippen LogP contribution in [-0.4, -0.2) is 32.6 Å². The molecule has 1 aromatic rings. The van der Waals surface area contributed by atoms with Gasteiger partial charge in [-0.1, -0.05) is 39.0 Å². The Morgan fingerprint density at radius 2 is 1.96 bits per heavy atom. The third-order valence-corrected chi connectivity index (χ3v) is 6.40. The van der Waals surface area contributed by atoms with Crippen molar-refractivity contribution in [2.75, 3.05) is 11.6 Å². The van der Waals surface area contributed by atoms with Crippen LogP contribution >= 0.6 is 11.8 Å². The third kappa shape index (κ3) is 4.96. The van der Waals surface area contributed by atoms with Gasteiger partial charge in [0, 0.05) is 6.04 Å². The van der Waals surface area contributed by atoms with Crippen molar-refractivity contribution in [3.05, 3.63) is 16.0 Å². The van der Waals surface area contributed by atoms with Crippen molar-refractivity contribution in [2.24, 2.45) is 11.3 Å². The minimum Gasteiger partial charge on any atom is -0.353 e. The number of nitrogens with zero attached hydrogens (tertiary/aromatic N) is 3. The van der Waals surface area contributed by atoms with Crippen LogP contribution in [0, 0.1) is 18.3 Å². The lowest BCUT2D eigenvalue weighted by Gasteiger charge is -2.39. The molecule has 0 atom stereocenters. The first-order chi connectivity index (χ1) is 11.7. The van der Waals surface area contributed by atoms with Crippen molar-refractivity contribution < 1.29 is 4.79 Å². The molecule has 140 valence electrons. The molecule has 0 aliphatic heterocycles. The van der Waals surface area contributed by atoms with Crippen LogP contribution in [0.1, 0.15) is 58.6 Å². The van der Waals surface area contributed by atoms with Gasteiger partial charge in [-0.25, -0.2) is 0 Å². The van der Waals surface area contributed by atoms with Crippen LogP contribution in [0.4, 0.5) is 0 Å². The zero-order valence-electron chi connectivity index (χ0n) is 15.5. The van der Waals surface area contributed by atoms with Crippen LogP contribution in [0.15, 0.2) is 9.95 Å². The molecule has 1 saturated carbocycles. The van der Waals surface area contributed by atoms with E-state index in [1.165, 1.54) is 6.42 Å². The lowest BCUT2D eigenvalue weighted by atomic mass is 9.69. The zero-order chi connectivity index (χ0) is 18.6. The van der Waals surface area contributed by atoms with Gasteiger partial charge in [0.15, 0.2) is 0 Å². The summed E-state index contributed by atoms with van der Waals surface area (Å²) >= 11 is 1.13. The molecule has 1 fully saturated rings. The Morgan fingerprint density at radius 3 is 2.56 bits per heavy atom. The maximum atomic E-state index is 12.2. The smallest absolute Gasteiger partial charge is 0.294 e. The zero-order valence-corrected chi connectivity index (χ0v) is 16.4. The SMILES string of the molecule is CCC(C)(C)C1CCC(NC(=O)CSc2nnc(C)c(=O)n2N)CC1. The average Bonchev–Trinajstić information content (AvgIpc) is 2.59. The third-order valence-electron chi connectivity index (χ3n) is 5.46. The normalized spacial score (nSPS) is 21.1.